The second-order valence-electron chi connectivity index (χ2n) is 0. The Balaban J connectivity index is -0.00000000500. The molecule has 0 spiro atoms. The van der Waals surface area contributed by atoms with Gasteiger partial charge in [0.05, 0.1) is 0 Å². The van der Waals surface area contributed by atoms with E-state index in [0.29, 0.717) is 0 Å². The second kappa shape index (κ2) is 20.4. The summed E-state index contributed by atoms with van der Waals surface area (Å²) in [5.74, 6) is 0. The van der Waals surface area contributed by atoms with Crippen molar-refractivity contribution in [2.75, 3.05) is 0 Å². The molecule has 0 aliphatic rings. The van der Waals surface area contributed by atoms with Crippen LogP contribution in [0.4, 0.5) is 0 Å². The van der Waals surface area contributed by atoms with E-state index in [1.807, 2.05) is 0 Å². The summed E-state index contributed by atoms with van der Waals surface area (Å²) in [5, 5.41) is 0. The maximum Gasteiger partial charge on any atom is 0 e. The van der Waals surface area contributed by atoms with Gasteiger partial charge in [0.15, 0.2) is 0 Å². The Kier molecular flexibility index (Phi) is 85.4. The van der Waals surface area contributed by atoms with Crippen LogP contribution in [0.2, 0.25) is 0 Å². The molecule has 0 fully saturated rings. The second-order valence-corrected chi connectivity index (χ2v) is 0. The van der Waals surface area contributed by atoms with Crippen LogP contribution in [0.1, 0.15) is 0 Å². The summed E-state index contributed by atoms with van der Waals surface area (Å²) in [4.78, 5) is 0. The first-order chi connectivity index (χ1) is 1.00. The molecule has 4 heteroatoms. The van der Waals surface area contributed by atoms with Gasteiger partial charge in [-0.2, -0.15) is 0 Å². The summed E-state index contributed by atoms with van der Waals surface area (Å²) in [7, 11) is 0. The van der Waals surface area contributed by atoms with E-state index in [-0.39, 0.29) is 47.9 Å². The van der Waals surface area contributed by atoms with Gasteiger partial charge in [-0.1, -0.05) is 0 Å². The maximum atomic E-state index is 8.25. The van der Waals surface area contributed by atoms with Gasteiger partial charge < -0.3 is 0 Å². The molecular weight excluding hydrogens is 228 g/mol. The largest absolute Gasteiger partial charge is 0 e. The monoisotopic (exact) mass is 228 g/mol. The van der Waals surface area contributed by atoms with E-state index >= 15 is 0 Å². The molecule has 0 saturated heterocycles. The van der Waals surface area contributed by atoms with E-state index < -0.39 is 0 Å². The van der Waals surface area contributed by atoms with Crippen LogP contribution in [0.3, 0.4) is 0 Å². The standard InChI is InChI=1S/GeO.Ti.Zr/c1-2;;. The van der Waals surface area contributed by atoms with Crippen molar-refractivity contribution >= 4 is 16.5 Å². The van der Waals surface area contributed by atoms with Crippen molar-refractivity contribution in [2.45, 2.75) is 0 Å². The van der Waals surface area contributed by atoms with Crippen molar-refractivity contribution in [2.24, 2.45) is 0 Å². The molecule has 0 unspecified atom stereocenters. The van der Waals surface area contributed by atoms with Crippen molar-refractivity contribution in [3.05, 3.63) is 0 Å². The SMILES string of the molecule is [O]=[Ge].[Ti].[Zr]. The molecule has 0 aliphatic heterocycles. The Morgan fingerprint density at radius 3 is 1.25 bits per heavy atom. The minimum atomic E-state index is 0. The zero-order chi connectivity index (χ0) is 2.00. The molecule has 0 aromatic heterocycles. The van der Waals surface area contributed by atoms with Crippen LogP contribution in [0.25, 0.3) is 0 Å². The third-order valence-corrected chi connectivity index (χ3v) is 0. The van der Waals surface area contributed by atoms with Gasteiger partial charge in [0.1, 0.15) is 0 Å². The smallest absolute Gasteiger partial charge is 0 e. The summed E-state index contributed by atoms with van der Waals surface area (Å²) in [5.41, 5.74) is 0. The Bertz CT molecular complexity index is 8.00. The van der Waals surface area contributed by atoms with Gasteiger partial charge in [-0.05, 0) is 0 Å². The van der Waals surface area contributed by atoms with Crippen molar-refractivity contribution in [3.63, 3.8) is 0 Å². The van der Waals surface area contributed by atoms with E-state index in [1.165, 1.54) is 0 Å². The fourth-order valence-electron chi connectivity index (χ4n) is 0. The fraction of sp³-hybridized carbons (Fsp3) is 0. The molecule has 0 amide bonds. The van der Waals surface area contributed by atoms with Crippen molar-refractivity contribution < 1.29 is 51.7 Å². The first-order valence-electron chi connectivity index (χ1n) is 0.204. The fourth-order valence-corrected chi connectivity index (χ4v) is 0. The van der Waals surface area contributed by atoms with E-state index in [2.05, 4.69) is 0 Å². The van der Waals surface area contributed by atoms with E-state index in [0.717, 1.165) is 16.5 Å². The molecule has 0 N–H and O–H groups in total. The summed E-state index contributed by atoms with van der Waals surface area (Å²) in [6.07, 6.45) is 0. The average Bonchev–Trinajstić information content (AvgIpc) is 1.00. The van der Waals surface area contributed by atoms with Gasteiger partial charge in [-0.3, -0.25) is 0 Å². The van der Waals surface area contributed by atoms with E-state index in [9.17, 15) is 0 Å². The van der Waals surface area contributed by atoms with Crippen LogP contribution < -0.4 is 0 Å². The minimum Gasteiger partial charge on any atom is 0 e. The Labute approximate surface area is 67.4 Å². The normalized spacial score (nSPS) is 1.00. The maximum absolute atomic E-state index is 8.25. The molecule has 18 valence electrons. The molecule has 0 bridgehead atoms. The zero-order valence-electron chi connectivity index (χ0n) is 1.91. The Morgan fingerprint density at radius 1 is 1.25 bits per heavy atom. The van der Waals surface area contributed by atoms with Crippen LogP contribution >= 0.6 is 0 Å². The van der Waals surface area contributed by atoms with Gasteiger partial charge >= 0.3 is 20.2 Å². The quantitative estimate of drug-likeness (QED) is 0.510. The predicted molar refractivity (Wildman–Crippen MR) is 6.44 cm³/mol. The number of hydrogen-bond acceptors (Lipinski definition) is 1. The third-order valence-electron chi connectivity index (χ3n) is 0. The van der Waals surface area contributed by atoms with Crippen LogP contribution in [-0.4, -0.2) is 16.5 Å². The van der Waals surface area contributed by atoms with Crippen LogP contribution in [0.15, 0.2) is 0 Å². The molecule has 0 rings (SSSR count). The molecule has 0 saturated carbocycles. The first kappa shape index (κ1) is 16.8. The van der Waals surface area contributed by atoms with Gasteiger partial charge in [0, 0.05) is 47.9 Å². The molecule has 0 atom stereocenters. The summed E-state index contributed by atoms with van der Waals surface area (Å²) in [6.45, 7) is 0. The molecule has 1 nitrogen and oxygen atoms in total. The van der Waals surface area contributed by atoms with Gasteiger partial charge in [0.2, 0.25) is 0 Å². The van der Waals surface area contributed by atoms with Crippen LogP contribution in [-0.2, 0) is 51.7 Å². The van der Waals surface area contributed by atoms with Crippen molar-refractivity contribution in [1.82, 2.24) is 0 Å². The van der Waals surface area contributed by atoms with E-state index in [1.54, 1.807) is 0 Å². The number of hydrogen-bond donors (Lipinski definition) is 0. The molecule has 0 aromatic carbocycles. The molecule has 4 heavy (non-hydrogen) atoms. The van der Waals surface area contributed by atoms with Gasteiger partial charge in [-0.15, -0.1) is 0 Å². The van der Waals surface area contributed by atoms with Crippen molar-refractivity contribution in [3.8, 4) is 0 Å². The molecule has 0 aliphatic carbocycles. The zero-order valence-corrected chi connectivity index (χ0v) is 8.03. The summed E-state index contributed by atoms with van der Waals surface area (Å²) in [6, 6.07) is 0. The summed E-state index contributed by atoms with van der Waals surface area (Å²) < 4.78 is 8.25. The van der Waals surface area contributed by atoms with Gasteiger partial charge in [0.25, 0.3) is 0 Å². The average molecular weight is 228 g/mol. The molecule has 0 heterocycles. The molecule has 0 aromatic rings. The van der Waals surface area contributed by atoms with Gasteiger partial charge in [-0.25, -0.2) is 0 Å². The predicted octanol–water partition coefficient (Wildman–Crippen LogP) is -0.505. The summed E-state index contributed by atoms with van der Waals surface area (Å²) >= 11 is 0.750. The molecule has 2 radical (unpaired) electrons. The van der Waals surface area contributed by atoms with Crippen LogP contribution in [0, 0.1) is 0 Å². The van der Waals surface area contributed by atoms with Crippen molar-refractivity contribution in [1.29, 1.82) is 0 Å². The number of rotatable bonds is 0. The minimum absolute atomic E-state index is 0. The van der Waals surface area contributed by atoms with Crippen LogP contribution in [0.5, 0.6) is 0 Å². The topological polar surface area (TPSA) is 17.1 Å². The van der Waals surface area contributed by atoms with E-state index in [4.69, 9.17) is 3.78 Å². The Hall–Kier alpha value is 1.94. The molecular formula is GeOTiZr. The third kappa shape index (κ3) is 9.05. The first-order valence-corrected chi connectivity index (χ1v) is 1.06. The Morgan fingerprint density at radius 2 is 1.25 bits per heavy atom.